The van der Waals surface area contributed by atoms with Crippen LogP contribution in [0.1, 0.15) is 6.92 Å². The fourth-order valence-electron chi connectivity index (χ4n) is 0.789. The smallest absolute Gasteiger partial charge is 0.102 e. The van der Waals surface area contributed by atoms with E-state index in [1.165, 1.54) is 0 Å². The van der Waals surface area contributed by atoms with Gasteiger partial charge in [-0.05, 0) is 22.9 Å². The van der Waals surface area contributed by atoms with Crippen molar-refractivity contribution in [2.75, 3.05) is 7.05 Å². The van der Waals surface area contributed by atoms with Crippen molar-refractivity contribution in [3.63, 3.8) is 0 Å². The lowest BCUT2D eigenvalue weighted by atomic mass is 10.1. The van der Waals surface area contributed by atoms with Gasteiger partial charge in [0.1, 0.15) is 5.71 Å². The van der Waals surface area contributed by atoms with Crippen LogP contribution in [0.2, 0.25) is 0 Å². The van der Waals surface area contributed by atoms with Gasteiger partial charge >= 0.3 is 0 Å². The normalized spacial score (nSPS) is 21.7. The summed E-state index contributed by atoms with van der Waals surface area (Å²) in [6.45, 7) is 1.80. The van der Waals surface area contributed by atoms with Crippen LogP contribution in [0, 0.1) is 5.41 Å². The largest absolute Gasteiger partial charge is 0.297 e. The lowest BCUT2D eigenvalue weighted by Crippen LogP contribution is -2.23. The first-order valence-electron chi connectivity index (χ1n) is 3.13. The zero-order valence-corrected chi connectivity index (χ0v) is 7.94. The van der Waals surface area contributed by atoms with Crippen LogP contribution in [0.4, 0.5) is 0 Å². The summed E-state index contributed by atoms with van der Waals surface area (Å²) in [6, 6.07) is 0. The van der Waals surface area contributed by atoms with Crippen molar-refractivity contribution in [1.29, 1.82) is 5.41 Å². The fourth-order valence-corrected chi connectivity index (χ4v) is 1.27. The summed E-state index contributed by atoms with van der Waals surface area (Å²) in [6.07, 6.45) is 1.66. The minimum atomic E-state index is 0.391. The first-order valence-corrected chi connectivity index (χ1v) is 3.92. The average Bonchev–Trinajstić information content (AvgIpc) is 1.99. The minimum Gasteiger partial charge on any atom is -0.297 e. The molecule has 0 spiro atoms. The molecular weight excluding hydrogens is 206 g/mol. The molecule has 11 heavy (non-hydrogen) atoms. The zero-order chi connectivity index (χ0) is 8.43. The van der Waals surface area contributed by atoms with E-state index >= 15 is 0 Å². The number of hydrogen-bond acceptors (Lipinski definition) is 3. The Hall–Kier alpha value is -0.770. The van der Waals surface area contributed by atoms with E-state index < -0.39 is 0 Å². The number of hydrogen-bond donors (Lipinski definition) is 1. The third-order valence-electron chi connectivity index (χ3n) is 1.42. The first kappa shape index (κ1) is 8.33. The van der Waals surface area contributed by atoms with Crippen LogP contribution < -0.4 is 0 Å². The highest BCUT2D eigenvalue weighted by atomic mass is 79.9. The van der Waals surface area contributed by atoms with Crippen molar-refractivity contribution in [3.8, 4) is 0 Å². The van der Waals surface area contributed by atoms with Gasteiger partial charge in [0.25, 0.3) is 0 Å². The van der Waals surface area contributed by atoms with E-state index in [2.05, 4.69) is 25.9 Å². The highest BCUT2D eigenvalue weighted by molar-refractivity contribution is 9.12. The van der Waals surface area contributed by atoms with Gasteiger partial charge in [-0.2, -0.15) is 0 Å². The van der Waals surface area contributed by atoms with E-state index in [4.69, 9.17) is 5.41 Å². The van der Waals surface area contributed by atoms with Crippen LogP contribution in [-0.2, 0) is 0 Å². The molecule has 0 atom stereocenters. The molecule has 0 aliphatic carbocycles. The quantitative estimate of drug-likeness (QED) is 0.639. The molecule has 3 nitrogen and oxygen atoms in total. The molecule has 0 aromatic rings. The predicted molar refractivity (Wildman–Crippen MR) is 51.2 cm³/mol. The van der Waals surface area contributed by atoms with Gasteiger partial charge in [0.15, 0.2) is 0 Å². The van der Waals surface area contributed by atoms with E-state index in [-0.39, 0.29) is 0 Å². The molecule has 0 bridgehead atoms. The molecule has 0 aromatic carbocycles. The van der Waals surface area contributed by atoms with E-state index in [1.807, 2.05) is 0 Å². The van der Waals surface area contributed by atoms with Gasteiger partial charge in [0.05, 0.1) is 15.9 Å². The minimum absolute atomic E-state index is 0.391. The molecule has 4 heteroatoms. The maximum absolute atomic E-state index is 7.55. The van der Waals surface area contributed by atoms with Crippen molar-refractivity contribution in [1.82, 2.24) is 0 Å². The highest BCUT2D eigenvalue weighted by Gasteiger charge is 2.15. The van der Waals surface area contributed by atoms with Crippen molar-refractivity contribution >= 4 is 33.1 Å². The third-order valence-corrected chi connectivity index (χ3v) is 2.00. The number of nitrogens with one attached hydrogen (secondary N) is 1. The lowest BCUT2D eigenvalue weighted by Gasteiger charge is -2.09. The van der Waals surface area contributed by atoms with E-state index in [0.717, 1.165) is 4.48 Å². The maximum Gasteiger partial charge on any atom is 0.102 e. The second-order valence-electron chi connectivity index (χ2n) is 2.14. The Bertz CT molecular complexity index is 282. The summed E-state index contributed by atoms with van der Waals surface area (Å²) in [4.78, 5) is 7.95. The number of rotatable bonds is 0. The average molecular weight is 214 g/mol. The topological polar surface area (TPSA) is 48.6 Å². The molecule has 0 aromatic heterocycles. The van der Waals surface area contributed by atoms with Crippen molar-refractivity contribution in [2.45, 2.75) is 6.92 Å². The number of allylic oxidation sites excluding steroid dienone is 1. The summed E-state index contributed by atoms with van der Waals surface area (Å²) in [5.41, 5.74) is 1.76. The first-order chi connectivity index (χ1) is 5.16. The summed E-state index contributed by atoms with van der Waals surface area (Å²) >= 11 is 3.27. The van der Waals surface area contributed by atoms with Gasteiger partial charge in [-0.3, -0.25) is 15.4 Å². The molecule has 58 valence electrons. The lowest BCUT2D eigenvalue weighted by molar-refractivity contribution is 1.42. The van der Waals surface area contributed by atoms with Gasteiger partial charge in [-0.15, -0.1) is 0 Å². The second kappa shape index (κ2) is 3.09. The molecular formula is C7H8BrN3. The Labute approximate surface area is 73.6 Å². The summed E-state index contributed by atoms with van der Waals surface area (Å²) < 4.78 is 0.774. The molecule has 1 heterocycles. The Kier molecular flexibility index (Phi) is 2.34. The van der Waals surface area contributed by atoms with Gasteiger partial charge in [0.2, 0.25) is 0 Å². The Morgan fingerprint density at radius 2 is 2.27 bits per heavy atom. The van der Waals surface area contributed by atoms with Crippen molar-refractivity contribution < 1.29 is 0 Å². The molecule has 0 amide bonds. The van der Waals surface area contributed by atoms with Crippen molar-refractivity contribution in [3.05, 3.63) is 10.7 Å². The van der Waals surface area contributed by atoms with E-state index in [1.54, 1.807) is 20.2 Å². The van der Waals surface area contributed by atoms with Crippen LogP contribution in [0.3, 0.4) is 0 Å². The van der Waals surface area contributed by atoms with Crippen molar-refractivity contribution in [2.24, 2.45) is 9.98 Å². The Balaban J connectivity index is 3.13. The van der Waals surface area contributed by atoms with Gasteiger partial charge < -0.3 is 0 Å². The molecule has 0 saturated carbocycles. The number of nitrogens with zero attached hydrogens (tertiary/aromatic N) is 2. The van der Waals surface area contributed by atoms with Crippen LogP contribution in [0.15, 0.2) is 20.7 Å². The molecule has 0 unspecified atom stereocenters. The maximum atomic E-state index is 7.55. The van der Waals surface area contributed by atoms with Crippen LogP contribution in [0.25, 0.3) is 0 Å². The van der Waals surface area contributed by atoms with Gasteiger partial charge in [-0.25, -0.2) is 0 Å². The highest BCUT2D eigenvalue weighted by Crippen LogP contribution is 2.13. The number of aliphatic imine (C=N–C) groups is 2. The molecule has 1 N–H and O–H groups in total. The summed E-state index contributed by atoms with van der Waals surface area (Å²) in [5.74, 6) is 0. The molecule has 1 rings (SSSR count). The number of halogens is 1. The van der Waals surface area contributed by atoms with E-state index in [0.29, 0.717) is 17.1 Å². The summed E-state index contributed by atoms with van der Waals surface area (Å²) in [7, 11) is 1.66. The predicted octanol–water partition coefficient (Wildman–Crippen LogP) is 1.79. The van der Waals surface area contributed by atoms with Crippen LogP contribution in [-0.4, -0.2) is 24.2 Å². The van der Waals surface area contributed by atoms with Crippen LogP contribution in [0.5, 0.6) is 0 Å². The SMILES string of the molecule is C/N=C1\C(=N)C(C)=NC=C1Br. The Morgan fingerprint density at radius 1 is 1.64 bits per heavy atom. The molecule has 1 aliphatic rings. The molecule has 0 saturated heterocycles. The van der Waals surface area contributed by atoms with Crippen LogP contribution >= 0.6 is 15.9 Å². The fraction of sp³-hybridized carbons (Fsp3) is 0.286. The summed E-state index contributed by atoms with van der Waals surface area (Å²) in [5, 5.41) is 7.55. The van der Waals surface area contributed by atoms with E-state index in [9.17, 15) is 0 Å². The van der Waals surface area contributed by atoms with Gasteiger partial charge in [-0.1, -0.05) is 0 Å². The van der Waals surface area contributed by atoms with Gasteiger partial charge in [0, 0.05) is 13.2 Å². The second-order valence-corrected chi connectivity index (χ2v) is 2.99. The molecule has 0 radical (unpaired) electrons. The standard InChI is InChI=1S/C7H8BrN3/c1-4-6(9)7(10-2)5(8)3-11-4/h3,9H,1-2H3/b9-6?,10-7-. The molecule has 0 fully saturated rings. The molecule has 1 aliphatic heterocycles. The third kappa shape index (κ3) is 1.45. The monoisotopic (exact) mass is 213 g/mol. The zero-order valence-electron chi connectivity index (χ0n) is 6.35. The Morgan fingerprint density at radius 3 is 2.73 bits per heavy atom.